The van der Waals surface area contributed by atoms with E-state index in [2.05, 4.69) is 5.32 Å². The molecule has 0 bridgehead atoms. The molecule has 4 N–H and O–H groups in total. The van der Waals surface area contributed by atoms with Gasteiger partial charge in [0, 0.05) is 17.9 Å². The lowest BCUT2D eigenvalue weighted by Crippen LogP contribution is -2.12. The highest BCUT2D eigenvalue weighted by Crippen LogP contribution is 2.20. The topological polar surface area (TPSA) is 75.4 Å². The fraction of sp³-hybridized carbons (Fsp3) is 0.188. The molecular formula is C16H17ClN2O2. The van der Waals surface area contributed by atoms with Crippen LogP contribution in [0.1, 0.15) is 22.3 Å². The molecule has 0 spiro atoms. The molecule has 1 amide bonds. The molecule has 0 saturated carbocycles. The number of carbonyl (C=O) groups is 1. The molecule has 0 aliphatic carbocycles. The maximum atomic E-state index is 12.2. The number of carbonyl (C=O) groups excluding carboxylic acids is 1. The van der Waals surface area contributed by atoms with Crippen molar-refractivity contribution >= 4 is 28.9 Å². The van der Waals surface area contributed by atoms with Gasteiger partial charge in [0.2, 0.25) is 0 Å². The third-order valence-electron chi connectivity index (χ3n) is 3.07. The van der Waals surface area contributed by atoms with E-state index in [1.807, 2.05) is 24.3 Å². The van der Waals surface area contributed by atoms with Crippen LogP contribution < -0.4 is 11.1 Å². The minimum absolute atomic E-state index is 0.153. The van der Waals surface area contributed by atoms with E-state index < -0.39 is 0 Å². The second-order valence-corrected chi connectivity index (χ2v) is 5.13. The Labute approximate surface area is 128 Å². The maximum absolute atomic E-state index is 12.2. The van der Waals surface area contributed by atoms with Gasteiger partial charge in [0.15, 0.2) is 0 Å². The highest BCUT2D eigenvalue weighted by molar-refractivity contribution is 6.33. The number of rotatable bonds is 5. The van der Waals surface area contributed by atoms with Gasteiger partial charge in [-0.2, -0.15) is 0 Å². The number of nitrogen functional groups attached to an aromatic ring is 1. The van der Waals surface area contributed by atoms with Crippen molar-refractivity contribution in [2.75, 3.05) is 17.7 Å². The number of anilines is 2. The molecule has 2 aromatic carbocycles. The van der Waals surface area contributed by atoms with Crippen LogP contribution in [0.3, 0.4) is 0 Å². The van der Waals surface area contributed by atoms with Crippen LogP contribution in [0.25, 0.3) is 0 Å². The van der Waals surface area contributed by atoms with Crippen molar-refractivity contribution in [3.63, 3.8) is 0 Å². The molecule has 0 radical (unpaired) electrons. The number of benzene rings is 2. The molecule has 0 saturated heterocycles. The summed E-state index contributed by atoms with van der Waals surface area (Å²) in [7, 11) is 0. The summed E-state index contributed by atoms with van der Waals surface area (Å²) >= 11 is 5.84. The van der Waals surface area contributed by atoms with Gasteiger partial charge in [0.05, 0.1) is 10.7 Å². The Morgan fingerprint density at radius 2 is 2.05 bits per heavy atom. The molecule has 4 nitrogen and oxygen atoms in total. The van der Waals surface area contributed by atoms with Gasteiger partial charge in [0.1, 0.15) is 0 Å². The van der Waals surface area contributed by atoms with Crippen LogP contribution in [0, 0.1) is 0 Å². The van der Waals surface area contributed by atoms with Gasteiger partial charge in [-0.1, -0.05) is 23.7 Å². The molecule has 0 heterocycles. The zero-order valence-electron chi connectivity index (χ0n) is 11.5. The number of halogens is 1. The molecule has 2 rings (SSSR count). The normalized spacial score (nSPS) is 10.4. The van der Waals surface area contributed by atoms with Crippen molar-refractivity contribution in [3.8, 4) is 0 Å². The summed E-state index contributed by atoms with van der Waals surface area (Å²) in [5.41, 5.74) is 8.31. The van der Waals surface area contributed by atoms with E-state index in [4.69, 9.17) is 22.4 Å². The van der Waals surface area contributed by atoms with Crippen molar-refractivity contribution in [1.29, 1.82) is 0 Å². The fourth-order valence-corrected chi connectivity index (χ4v) is 2.09. The summed E-state index contributed by atoms with van der Waals surface area (Å²) in [4.78, 5) is 12.2. The minimum Gasteiger partial charge on any atom is -0.398 e. The Kier molecular flexibility index (Phi) is 5.20. The third-order valence-corrected chi connectivity index (χ3v) is 3.41. The lowest BCUT2D eigenvalue weighted by Gasteiger charge is -2.08. The number of hydrogen-bond acceptors (Lipinski definition) is 3. The van der Waals surface area contributed by atoms with E-state index in [9.17, 15) is 4.79 Å². The van der Waals surface area contributed by atoms with Crippen molar-refractivity contribution in [3.05, 3.63) is 58.6 Å². The number of aliphatic hydroxyl groups is 1. The quantitative estimate of drug-likeness (QED) is 0.743. The van der Waals surface area contributed by atoms with Crippen LogP contribution in [0.5, 0.6) is 0 Å². The predicted molar refractivity (Wildman–Crippen MR) is 85.7 cm³/mol. The van der Waals surface area contributed by atoms with E-state index >= 15 is 0 Å². The maximum Gasteiger partial charge on any atom is 0.255 e. The van der Waals surface area contributed by atoms with Crippen molar-refractivity contribution in [2.24, 2.45) is 0 Å². The number of aliphatic hydroxyl groups excluding tert-OH is 1. The summed E-state index contributed by atoms with van der Waals surface area (Å²) in [5.74, 6) is -0.238. The second kappa shape index (κ2) is 7.11. The standard InChI is InChI=1S/C16H17ClN2O2/c17-14-7-6-12(10-15(14)18)16(21)19-13-5-1-3-11(9-13)4-2-8-20/h1,3,5-7,9-10,20H,2,4,8,18H2,(H,19,21). The fourth-order valence-electron chi connectivity index (χ4n) is 1.98. The third kappa shape index (κ3) is 4.21. The van der Waals surface area contributed by atoms with E-state index in [-0.39, 0.29) is 12.5 Å². The molecule has 5 heteroatoms. The van der Waals surface area contributed by atoms with Gasteiger partial charge >= 0.3 is 0 Å². The molecule has 0 aliphatic heterocycles. The van der Waals surface area contributed by atoms with Gasteiger partial charge < -0.3 is 16.2 Å². The van der Waals surface area contributed by atoms with E-state index in [0.717, 1.165) is 12.0 Å². The van der Waals surface area contributed by atoms with Gasteiger partial charge in [0.25, 0.3) is 5.91 Å². The first-order valence-electron chi connectivity index (χ1n) is 6.66. The van der Waals surface area contributed by atoms with Crippen LogP contribution in [0.2, 0.25) is 5.02 Å². The Bertz CT molecular complexity index is 644. The first kappa shape index (κ1) is 15.4. The van der Waals surface area contributed by atoms with Gasteiger partial charge in [-0.15, -0.1) is 0 Å². The Balaban J connectivity index is 2.10. The minimum atomic E-state index is -0.238. The van der Waals surface area contributed by atoms with E-state index in [1.165, 1.54) is 0 Å². The van der Waals surface area contributed by atoms with Crippen LogP contribution in [-0.2, 0) is 6.42 Å². The zero-order chi connectivity index (χ0) is 15.2. The van der Waals surface area contributed by atoms with Gasteiger partial charge in [-0.3, -0.25) is 4.79 Å². The molecule has 110 valence electrons. The lowest BCUT2D eigenvalue weighted by atomic mass is 10.1. The highest BCUT2D eigenvalue weighted by Gasteiger charge is 2.08. The Hall–Kier alpha value is -2.04. The number of nitrogens with two attached hydrogens (primary N) is 1. The highest BCUT2D eigenvalue weighted by atomic mass is 35.5. The average molecular weight is 305 g/mol. The summed E-state index contributed by atoms with van der Waals surface area (Å²) < 4.78 is 0. The van der Waals surface area contributed by atoms with E-state index in [1.54, 1.807) is 18.2 Å². The van der Waals surface area contributed by atoms with Crippen molar-refractivity contribution < 1.29 is 9.90 Å². The number of amides is 1. The molecule has 0 aromatic heterocycles. The first-order valence-corrected chi connectivity index (χ1v) is 7.04. The van der Waals surface area contributed by atoms with Crippen molar-refractivity contribution in [1.82, 2.24) is 0 Å². The largest absolute Gasteiger partial charge is 0.398 e. The Morgan fingerprint density at radius 1 is 1.24 bits per heavy atom. The van der Waals surface area contributed by atoms with Crippen molar-refractivity contribution in [2.45, 2.75) is 12.8 Å². The molecule has 0 unspecified atom stereocenters. The first-order chi connectivity index (χ1) is 10.1. The average Bonchev–Trinajstić information content (AvgIpc) is 2.48. The lowest BCUT2D eigenvalue weighted by molar-refractivity contribution is 0.102. The monoisotopic (exact) mass is 304 g/mol. The number of aryl methyl sites for hydroxylation is 1. The number of hydrogen-bond donors (Lipinski definition) is 3. The molecule has 2 aromatic rings. The summed E-state index contributed by atoms with van der Waals surface area (Å²) in [6.45, 7) is 0.153. The van der Waals surface area contributed by atoms with E-state index in [0.29, 0.717) is 28.4 Å². The zero-order valence-corrected chi connectivity index (χ0v) is 12.2. The molecule has 21 heavy (non-hydrogen) atoms. The molecule has 0 fully saturated rings. The van der Waals surface area contributed by atoms with Crippen LogP contribution in [-0.4, -0.2) is 17.6 Å². The van der Waals surface area contributed by atoms with Gasteiger partial charge in [-0.25, -0.2) is 0 Å². The summed E-state index contributed by atoms with van der Waals surface area (Å²) in [6, 6.07) is 12.3. The van der Waals surface area contributed by atoms with Crippen LogP contribution in [0.15, 0.2) is 42.5 Å². The smallest absolute Gasteiger partial charge is 0.255 e. The Morgan fingerprint density at radius 3 is 2.76 bits per heavy atom. The molecular weight excluding hydrogens is 288 g/mol. The van der Waals surface area contributed by atoms with Crippen LogP contribution >= 0.6 is 11.6 Å². The molecule has 0 atom stereocenters. The van der Waals surface area contributed by atoms with Gasteiger partial charge in [-0.05, 0) is 48.7 Å². The summed E-state index contributed by atoms with van der Waals surface area (Å²) in [6.07, 6.45) is 1.47. The predicted octanol–water partition coefficient (Wildman–Crippen LogP) is 3.10. The SMILES string of the molecule is Nc1cc(C(=O)Nc2cccc(CCCO)c2)ccc1Cl. The summed E-state index contributed by atoms with van der Waals surface area (Å²) in [5, 5.41) is 12.1. The second-order valence-electron chi connectivity index (χ2n) is 4.72. The number of nitrogens with one attached hydrogen (secondary N) is 1. The molecule has 0 aliphatic rings. The van der Waals surface area contributed by atoms with Crippen LogP contribution in [0.4, 0.5) is 11.4 Å².